The molecule has 0 bridgehead atoms. The van der Waals surface area contributed by atoms with Crippen molar-refractivity contribution >= 4 is 39.3 Å². The minimum absolute atomic E-state index is 0.0847. The van der Waals surface area contributed by atoms with Crippen LogP contribution in [-0.2, 0) is 11.3 Å². The van der Waals surface area contributed by atoms with E-state index in [-0.39, 0.29) is 15.9 Å². The van der Waals surface area contributed by atoms with Crippen LogP contribution in [0, 0.1) is 17.5 Å². The SMILES string of the molecule is CCn1c(SCC(=O)Nc2c(F)cc(F)cc2Br)nnc1-c1ccccc1F. The molecule has 0 aliphatic rings. The van der Waals surface area contributed by atoms with Crippen molar-refractivity contribution in [3.63, 3.8) is 0 Å². The number of hydrogen-bond donors (Lipinski definition) is 1. The highest BCUT2D eigenvalue weighted by atomic mass is 79.9. The molecular weight excluding hydrogens is 457 g/mol. The van der Waals surface area contributed by atoms with E-state index in [4.69, 9.17) is 0 Å². The minimum atomic E-state index is -0.885. The van der Waals surface area contributed by atoms with Crippen LogP contribution in [0.15, 0.2) is 46.0 Å². The Kier molecular flexibility index (Phi) is 6.40. The minimum Gasteiger partial charge on any atom is -0.322 e. The predicted molar refractivity (Wildman–Crippen MR) is 105 cm³/mol. The number of rotatable bonds is 6. The number of carbonyl (C=O) groups excluding carboxylic acids is 1. The smallest absolute Gasteiger partial charge is 0.234 e. The first-order valence-electron chi connectivity index (χ1n) is 8.16. The molecule has 0 atom stereocenters. The molecule has 28 heavy (non-hydrogen) atoms. The van der Waals surface area contributed by atoms with Crippen molar-refractivity contribution in [2.75, 3.05) is 11.1 Å². The summed E-state index contributed by atoms with van der Waals surface area (Å²) < 4.78 is 42.8. The molecule has 1 amide bonds. The molecule has 0 saturated carbocycles. The van der Waals surface area contributed by atoms with Crippen molar-refractivity contribution in [1.82, 2.24) is 14.8 Å². The van der Waals surface area contributed by atoms with E-state index in [1.54, 1.807) is 22.8 Å². The van der Waals surface area contributed by atoms with Gasteiger partial charge in [-0.05, 0) is 41.1 Å². The summed E-state index contributed by atoms with van der Waals surface area (Å²) in [5.41, 5.74) is 0.168. The summed E-state index contributed by atoms with van der Waals surface area (Å²) in [7, 11) is 0. The van der Waals surface area contributed by atoms with Gasteiger partial charge in [0.2, 0.25) is 5.91 Å². The number of carbonyl (C=O) groups is 1. The molecule has 146 valence electrons. The highest BCUT2D eigenvalue weighted by Gasteiger charge is 2.18. The number of amides is 1. The van der Waals surface area contributed by atoms with E-state index in [0.29, 0.717) is 29.2 Å². The Morgan fingerprint density at radius 1 is 1.18 bits per heavy atom. The Hall–Kier alpha value is -2.33. The van der Waals surface area contributed by atoms with E-state index in [0.717, 1.165) is 17.8 Å². The molecular formula is C18H14BrF3N4OS. The molecule has 0 saturated heterocycles. The second-order valence-corrected chi connectivity index (χ2v) is 7.41. The maximum absolute atomic E-state index is 14.0. The number of thioether (sulfide) groups is 1. The van der Waals surface area contributed by atoms with Crippen molar-refractivity contribution in [3.05, 3.63) is 58.3 Å². The van der Waals surface area contributed by atoms with E-state index >= 15 is 0 Å². The van der Waals surface area contributed by atoms with Gasteiger partial charge in [0, 0.05) is 17.1 Å². The molecule has 0 radical (unpaired) electrons. The summed E-state index contributed by atoms with van der Waals surface area (Å²) in [6, 6.07) is 7.95. The Morgan fingerprint density at radius 3 is 2.61 bits per heavy atom. The second kappa shape index (κ2) is 8.78. The van der Waals surface area contributed by atoms with Crippen molar-refractivity contribution in [3.8, 4) is 11.4 Å². The van der Waals surface area contributed by atoms with E-state index in [9.17, 15) is 18.0 Å². The van der Waals surface area contributed by atoms with Gasteiger partial charge < -0.3 is 9.88 Å². The lowest BCUT2D eigenvalue weighted by Crippen LogP contribution is -2.16. The van der Waals surface area contributed by atoms with Gasteiger partial charge >= 0.3 is 0 Å². The fourth-order valence-corrected chi connectivity index (χ4v) is 3.80. The summed E-state index contributed by atoms with van der Waals surface area (Å²) in [5, 5.41) is 10.9. The van der Waals surface area contributed by atoms with Gasteiger partial charge in [-0.1, -0.05) is 23.9 Å². The molecule has 10 heteroatoms. The number of hydrogen-bond acceptors (Lipinski definition) is 4. The van der Waals surface area contributed by atoms with Gasteiger partial charge in [-0.3, -0.25) is 4.79 Å². The van der Waals surface area contributed by atoms with Crippen LogP contribution in [0.5, 0.6) is 0 Å². The molecule has 0 fully saturated rings. The van der Waals surface area contributed by atoms with Gasteiger partial charge in [-0.15, -0.1) is 10.2 Å². The largest absolute Gasteiger partial charge is 0.322 e. The monoisotopic (exact) mass is 470 g/mol. The standard InChI is InChI=1S/C18H14BrF3N4OS/c1-2-26-17(11-5-3-4-6-13(11)21)24-25-18(26)28-9-15(27)23-16-12(19)7-10(20)8-14(16)22/h3-8H,2,9H2,1H3,(H,23,27). The van der Waals surface area contributed by atoms with Crippen LogP contribution in [-0.4, -0.2) is 26.4 Å². The number of aromatic nitrogens is 3. The first kappa shape index (κ1) is 20.4. The maximum Gasteiger partial charge on any atom is 0.234 e. The molecule has 3 aromatic rings. The van der Waals surface area contributed by atoms with Crippen molar-refractivity contribution in [1.29, 1.82) is 0 Å². The first-order chi connectivity index (χ1) is 13.4. The fraction of sp³-hybridized carbons (Fsp3) is 0.167. The molecule has 1 aromatic heterocycles. The molecule has 1 heterocycles. The van der Waals surface area contributed by atoms with E-state index in [1.807, 2.05) is 6.92 Å². The average Bonchev–Trinajstić information content (AvgIpc) is 3.06. The quantitative estimate of drug-likeness (QED) is 0.521. The highest BCUT2D eigenvalue weighted by Crippen LogP contribution is 2.28. The highest BCUT2D eigenvalue weighted by molar-refractivity contribution is 9.10. The molecule has 1 N–H and O–H groups in total. The van der Waals surface area contributed by atoms with Crippen molar-refractivity contribution in [2.24, 2.45) is 0 Å². The zero-order chi connectivity index (χ0) is 20.3. The second-order valence-electron chi connectivity index (χ2n) is 5.61. The van der Waals surface area contributed by atoms with Gasteiger partial charge in [0.25, 0.3) is 0 Å². The Labute approximate surface area is 171 Å². The van der Waals surface area contributed by atoms with E-state index in [1.165, 1.54) is 6.07 Å². The van der Waals surface area contributed by atoms with Gasteiger partial charge in [0.15, 0.2) is 16.8 Å². The number of anilines is 1. The average molecular weight is 471 g/mol. The van der Waals surface area contributed by atoms with E-state index in [2.05, 4.69) is 31.4 Å². The van der Waals surface area contributed by atoms with Crippen molar-refractivity contribution in [2.45, 2.75) is 18.6 Å². The molecule has 0 unspecified atom stereocenters. The fourth-order valence-electron chi connectivity index (χ4n) is 2.49. The topological polar surface area (TPSA) is 59.8 Å². The van der Waals surface area contributed by atoms with Crippen LogP contribution in [0.25, 0.3) is 11.4 Å². The van der Waals surface area contributed by atoms with Crippen LogP contribution >= 0.6 is 27.7 Å². The predicted octanol–water partition coefficient (Wildman–Crippen LogP) is 4.88. The molecule has 2 aromatic carbocycles. The zero-order valence-electron chi connectivity index (χ0n) is 14.5. The lowest BCUT2D eigenvalue weighted by molar-refractivity contribution is -0.113. The van der Waals surface area contributed by atoms with Crippen LogP contribution in [0.3, 0.4) is 0 Å². The first-order valence-corrected chi connectivity index (χ1v) is 9.93. The Morgan fingerprint density at radius 2 is 1.93 bits per heavy atom. The summed E-state index contributed by atoms with van der Waals surface area (Å²) >= 11 is 4.10. The van der Waals surface area contributed by atoms with Gasteiger partial charge in [0.05, 0.1) is 17.0 Å². The maximum atomic E-state index is 14.0. The zero-order valence-corrected chi connectivity index (χ0v) is 17.0. The van der Waals surface area contributed by atoms with Crippen molar-refractivity contribution < 1.29 is 18.0 Å². The number of nitrogens with zero attached hydrogens (tertiary/aromatic N) is 3. The molecule has 0 aliphatic heterocycles. The van der Waals surface area contributed by atoms with Gasteiger partial charge in [0.1, 0.15) is 11.6 Å². The number of benzene rings is 2. The van der Waals surface area contributed by atoms with Gasteiger partial charge in [-0.2, -0.15) is 0 Å². The number of nitrogens with one attached hydrogen (secondary N) is 1. The summed E-state index contributed by atoms with van der Waals surface area (Å²) in [4.78, 5) is 12.2. The number of halogens is 4. The third-order valence-corrected chi connectivity index (χ3v) is 5.34. The molecule has 3 rings (SSSR count). The van der Waals surface area contributed by atoms with Gasteiger partial charge in [-0.25, -0.2) is 13.2 Å². The summed E-state index contributed by atoms with van der Waals surface area (Å²) in [6.07, 6.45) is 0. The van der Waals surface area contributed by atoms with Crippen LogP contribution in [0.4, 0.5) is 18.9 Å². The van der Waals surface area contributed by atoms with Crippen LogP contribution in [0.1, 0.15) is 6.92 Å². The lowest BCUT2D eigenvalue weighted by atomic mass is 10.2. The Balaban J connectivity index is 1.73. The normalized spacial score (nSPS) is 10.9. The third kappa shape index (κ3) is 4.39. The third-order valence-electron chi connectivity index (χ3n) is 3.75. The van der Waals surface area contributed by atoms with Crippen LogP contribution in [0.2, 0.25) is 0 Å². The summed E-state index contributed by atoms with van der Waals surface area (Å²) in [6.45, 7) is 2.32. The lowest BCUT2D eigenvalue weighted by Gasteiger charge is -2.10. The molecule has 0 spiro atoms. The van der Waals surface area contributed by atoms with Crippen LogP contribution < -0.4 is 5.32 Å². The molecule has 5 nitrogen and oxygen atoms in total. The van der Waals surface area contributed by atoms with E-state index < -0.39 is 23.4 Å². The molecule has 0 aliphatic carbocycles. The Bertz CT molecular complexity index is 1000. The summed E-state index contributed by atoms with van der Waals surface area (Å²) in [5.74, 6) is -2.29.